The van der Waals surface area contributed by atoms with Gasteiger partial charge in [-0.05, 0) is 37.6 Å². The Morgan fingerprint density at radius 2 is 1.86 bits per heavy atom. The maximum atomic E-state index is 14.0. The maximum absolute atomic E-state index is 14.0. The van der Waals surface area contributed by atoms with Gasteiger partial charge in [-0.1, -0.05) is 18.2 Å². The number of aryl methyl sites for hydroxylation is 1. The molecular weight excluding hydrogens is 272 g/mol. The lowest BCUT2D eigenvalue weighted by Crippen LogP contribution is -2.11. The molecule has 21 heavy (non-hydrogen) atoms. The quantitative estimate of drug-likeness (QED) is 0.869. The van der Waals surface area contributed by atoms with Gasteiger partial charge in [-0.2, -0.15) is 0 Å². The van der Waals surface area contributed by atoms with Crippen LogP contribution < -0.4 is 5.32 Å². The van der Waals surface area contributed by atoms with E-state index < -0.39 is 11.6 Å². The van der Waals surface area contributed by atoms with Gasteiger partial charge in [0, 0.05) is 23.9 Å². The SMILES string of the molecule is COCc1ccccc1NC(C)c1cc(F)c(C)cc1F. The Balaban J connectivity index is 2.26. The number of hydrogen-bond donors (Lipinski definition) is 1. The van der Waals surface area contributed by atoms with Crippen LogP contribution in [0.5, 0.6) is 0 Å². The first kappa shape index (κ1) is 15.4. The minimum absolute atomic E-state index is 0.309. The molecule has 0 saturated carbocycles. The van der Waals surface area contributed by atoms with E-state index in [-0.39, 0.29) is 6.04 Å². The summed E-state index contributed by atoms with van der Waals surface area (Å²) in [7, 11) is 1.62. The number of hydrogen-bond acceptors (Lipinski definition) is 2. The third-order valence-electron chi connectivity index (χ3n) is 3.43. The smallest absolute Gasteiger partial charge is 0.128 e. The van der Waals surface area contributed by atoms with Gasteiger partial charge in [-0.25, -0.2) is 8.78 Å². The van der Waals surface area contributed by atoms with Crippen LogP contribution in [-0.4, -0.2) is 7.11 Å². The van der Waals surface area contributed by atoms with Crippen molar-refractivity contribution in [3.05, 3.63) is 64.7 Å². The fourth-order valence-electron chi connectivity index (χ4n) is 2.25. The molecule has 2 aromatic rings. The molecular formula is C17H19F2NO. The highest BCUT2D eigenvalue weighted by Gasteiger charge is 2.15. The molecule has 0 heterocycles. The number of methoxy groups -OCH3 is 1. The lowest BCUT2D eigenvalue weighted by molar-refractivity contribution is 0.185. The van der Waals surface area contributed by atoms with Crippen molar-refractivity contribution >= 4 is 5.69 Å². The second-order valence-electron chi connectivity index (χ2n) is 5.08. The molecule has 2 rings (SSSR count). The Kier molecular flexibility index (Phi) is 4.91. The van der Waals surface area contributed by atoms with Crippen molar-refractivity contribution in [1.29, 1.82) is 0 Å². The van der Waals surface area contributed by atoms with Crippen LogP contribution >= 0.6 is 0 Å². The van der Waals surface area contributed by atoms with E-state index in [2.05, 4.69) is 5.32 Å². The first-order chi connectivity index (χ1) is 10.0. The summed E-state index contributed by atoms with van der Waals surface area (Å²) in [6, 6.07) is 9.76. The normalized spacial score (nSPS) is 12.2. The van der Waals surface area contributed by atoms with E-state index in [1.165, 1.54) is 12.1 Å². The molecule has 4 heteroatoms. The fraction of sp³-hybridized carbons (Fsp3) is 0.294. The Morgan fingerprint density at radius 1 is 1.14 bits per heavy atom. The molecule has 2 aromatic carbocycles. The summed E-state index contributed by atoms with van der Waals surface area (Å²) in [6.07, 6.45) is 0. The fourth-order valence-corrected chi connectivity index (χ4v) is 2.25. The van der Waals surface area contributed by atoms with Gasteiger partial charge in [0.25, 0.3) is 0 Å². The summed E-state index contributed by atoms with van der Waals surface area (Å²) in [5.74, 6) is -0.802. The highest BCUT2D eigenvalue weighted by atomic mass is 19.1. The lowest BCUT2D eigenvalue weighted by atomic mass is 10.0. The topological polar surface area (TPSA) is 21.3 Å². The van der Waals surface area contributed by atoms with E-state index in [0.717, 1.165) is 11.3 Å². The van der Waals surface area contributed by atoms with Crippen LogP contribution in [0.15, 0.2) is 36.4 Å². The second kappa shape index (κ2) is 6.68. The van der Waals surface area contributed by atoms with Gasteiger partial charge in [0.15, 0.2) is 0 Å². The Bertz CT molecular complexity index is 628. The molecule has 1 unspecified atom stereocenters. The van der Waals surface area contributed by atoms with Crippen LogP contribution in [0.1, 0.15) is 29.7 Å². The molecule has 0 aliphatic heterocycles. The molecule has 1 atom stereocenters. The van der Waals surface area contributed by atoms with Gasteiger partial charge in [0.05, 0.1) is 12.6 Å². The molecule has 112 valence electrons. The van der Waals surface area contributed by atoms with Crippen molar-refractivity contribution in [2.75, 3.05) is 12.4 Å². The standard InChI is InChI=1S/C17H19F2NO/c1-11-8-16(19)14(9-15(11)18)12(2)20-17-7-5-4-6-13(17)10-21-3/h4-9,12,20H,10H2,1-3H3. The van der Waals surface area contributed by atoms with Crippen molar-refractivity contribution in [1.82, 2.24) is 0 Å². The zero-order valence-corrected chi connectivity index (χ0v) is 12.4. The van der Waals surface area contributed by atoms with Gasteiger partial charge in [0.2, 0.25) is 0 Å². The Labute approximate surface area is 123 Å². The highest BCUT2D eigenvalue weighted by Crippen LogP contribution is 2.26. The van der Waals surface area contributed by atoms with Crippen LogP contribution in [0.25, 0.3) is 0 Å². The number of para-hydroxylation sites is 1. The van der Waals surface area contributed by atoms with Crippen LogP contribution in [0.3, 0.4) is 0 Å². The zero-order valence-electron chi connectivity index (χ0n) is 12.4. The number of nitrogens with one attached hydrogen (secondary N) is 1. The summed E-state index contributed by atoms with van der Waals surface area (Å²) >= 11 is 0. The van der Waals surface area contributed by atoms with Gasteiger partial charge < -0.3 is 10.1 Å². The van der Waals surface area contributed by atoms with Crippen LogP contribution in [0.4, 0.5) is 14.5 Å². The summed E-state index contributed by atoms with van der Waals surface area (Å²) in [5.41, 5.74) is 2.45. The van der Waals surface area contributed by atoms with E-state index in [1.807, 2.05) is 24.3 Å². The minimum Gasteiger partial charge on any atom is -0.380 e. The molecule has 2 nitrogen and oxygen atoms in total. The zero-order chi connectivity index (χ0) is 15.4. The van der Waals surface area contributed by atoms with E-state index in [4.69, 9.17) is 4.74 Å². The minimum atomic E-state index is -0.405. The average Bonchev–Trinajstić information content (AvgIpc) is 2.45. The summed E-state index contributed by atoms with van der Waals surface area (Å²) in [5, 5.41) is 3.21. The molecule has 0 fully saturated rings. The van der Waals surface area contributed by atoms with Crippen LogP contribution in [0.2, 0.25) is 0 Å². The third-order valence-corrected chi connectivity index (χ3v) is 3.43. The van der Waals surface area contributed by atoms with E-state index in [9.17, 15) is 8.78 Å². The number of halogens is 2. The van der Waals surface area contributed by atoms with Crippen molar-refractivity contribution in [2.24, 2.45) is 0 Å². The molecule has 0 aliphatic rings. The van der Waals surface area contributed by atoms with Crippen molar-refractivity contribution in [3.63, 3.8) is 0 Å². The largest absolute Gasteiger partial charge is 0.380 e. The summed E-state index contributed by atoms with van der Waals surface area (Å²) < 4.78 is 32.8. The van der Waals surface area contributed by atoms with Crippen LogP contribution in [-0.2, 0) is 11.3 Å². The number of anilines is 1. The molecule has 0 bridgehead atoms. The number of benzene rings is 2. The number of ether oxygens (including phenoxy) is 1. The maximum Gasteiger partial charge on any atom is 0.128 e. The van der Waals surface area contributed by atoms with Crippen LogP contribution in [0, 0.1) is 18.6 Å². The van der Waals surface area contributed by atoms with E-state index >= 15 is 0 Å². The van der Waals surface area contributed by atoms with Crippen molar-refractivity contribution in [2.45, 2.75) is 26.5 Å². The van der Waals surface area contributed by atoms with Gasteiger partial charge >= 0.3 is 0 Å². The van der Waals surface area contributed by atoms with Gasteiger partial charge in [0.1, 0.15) is 11.6 Å². The highest BCUT2D eigenvalue weighted by molar-refractivity contribution is 5.52. The molecule has 1 N–H and O–H groups in total. The average molecular weight is 291 g/mol. The monoisotopic (exact) mass is 291 g/mol. The summed E-state index contributed by atoms with van der Waals surface area (Å²) in [4.78, 5) is 0. The molecule has 0 saturated heterocycles. The van der Waals surface area contributed by atoms with Crippen molar-refractivity contribution < 1.29 is 13.5 Å². The van der Waals surface area contributed by atoms with E-state index in [1.54, 1.807) is 21.0 Å². The molecule has 0 aromatic heterocycles. The predicted molar refractivity (Wildman–Crippen MR) is 80.3 cm³/mol. The number of rotatable bonds is 5. The second-order valence-corrected chi connectivity index (χ2v) is 5.08. The first-order valence-electron chi connectivity index (χ1n) is 6.82. The van der Waals surface area contributed by atoms with E-state index in [0.29, 0.717) is 17.7 Å². The Hall–Kier alpha value is -1.94. The first-order valence-corrected chi connectivity index (χ1v) is 6.82. The summed E-state index contributed by atoms with van der Waals surface area (Å²) in [6.45, 7) is 3.81. The predicted octanol–water partition coefficient (Wildman–Crippen LogP) is 4.59. The lowest BCUT2D eigenvalue weighted by Gasteiger charge is -2.19. The molecule has 0 amide bonds. The third kappa shape index (κ3) is 3.58. The molecule has 0 spiro atoms. The molecule has 0 aliphatic carbocycles. The Morgan fingerprint density at radius 3 is 2.57 bits per heavy atom. The van der Waals surface area contributed by atoms with Crippen molar-refractivity contribution in [3.8, 4) is 0 Å². The molecule has 0 radical (unpaired) electrons. The van der Waals surface area contributed by atoms with Gasteiger partial charge in [-0.15, -0.1) is 0 Å². The van der Waals surface area contributed by atoms with Gasteiger partial charge in [-0.3, -0.25) is 0 Å².